The number of thiophene rings is 1. The molecule has 1 atom stereocenters. The molecule has 2 heterocycles. The second kappa shape index (κ2) is 5.58. The molecule has 0 saturated carbocycles. The molecule has 4 heteroatoms. The topological polar surface area (TPSA) is 45.1 Å². The maximum atomic E-state index is 9.67. The van der Waals surface area contributed by atoms with Crippen LogP contribution in [0, 0.1) is 5.92 Å². The SMILES string of the molecule is CC(C)C(O)CNCc1cnc2ccsc2c1. The van der Waals surface area contributed by atoms with Crippen LogP contribution in [0.3, 0.4) is 0 Å². The summed E-state index contributed by atoms with van der Waals surface area (Å²) in [7, 11) is 0. The van der Waals surface area contributed by atoms with Crippen molar-refractivity contribution >= 4 is 21.6 Å². The van der Waals surface area contributed by atoms with Gasteiger partial charge < -0.3 is 10.4 Å². The predicted octanol–water partition coefficient (Wildman–Crippen LogP) is 2.40. The Morgan fingerprint density at radius 1 is 1.47 bits per heavy atom. The fourth-order valence-corrected chi connectivity index (χ4v) is 2.39. The average Bonchev–Trinajstić information content (AvgIpc) is 2.75. The first-order chi connectivity index (χ1) is 8.16. The lowest BCUT2D eigenvalue weighted by atomic mass is 10.1. The second-order valence-corrected chi connectivity index (χ2v) is 5.54. The minimum atomic E-state index is -0.284. The highest BCUT2D eigenvalue weighted by molar-refractivity contribution is 7.17. The van der Waals surface area contributed by atoms with Crippen molar-refractivity contribution in [1.29, 1.82) is 0 Å². The van der Waals surface area contributed by atoms with E-state index in [1.54, 1.807) is 11.3 Å². The monoisotopic (exact) mass is 250 g/mol. The maximum Gasteiger partial charge on any atom is 0.0809 e. The van der Waals surface area contributed by atoms with Gasteiger partial charge in [0.25, 0.3) is 0 Å². The van der Waals surface area contributed by atoms with Crippen molar-refractivity contribution in [2.24, 2.45) is 5.92 Å². The van der Waals surface area contributed by atoms with Crippen LogP contribution in [0.5, 0.6) is 0 Å². The lowest BCUT2D eigenvalue weighted by Crippen LogP contribution is -2.30. The molecule has 17 heavy (non-hydrogen) atoms. The molecule has 0 spiro atoms. The van der Waals surface area contributed by atoms with Crippen LogP contribution in [-0.4, -0.2) is 22.7 Å². The fraction of sp³-hybridized carbons (Fsp3) is 0.462. The minimum absolute atomic E-state index is 0.284. The van der Waals surface area contributed by atoms with Crippen molar-refractivity contribution in [3.8, 4) is 0 Å². The molecule has 0 aliphatic heterocycles. The number of aliphatic hydroxyl groups is 1. The summed E-state index contributed by atoms with van der Waals surface area (Å²) in [6.45, 7) is 5.42. The molecule has 2 N–H and O–H groups in total. The van der Waals surface area contributed by atoms with Crippen LogP contribution in [0.15, 0.2) is 23.7 Å². The highest BCUT2D eigenvalue weighted by Gasteiger charge is 2.08. The smallest absolute Gasteiger partial charge is 0.0809 e. The largest absolute Gasteiger partial charge is 0.392 e. The molecule has 0 aliphatic rings. The van der Waals surface area contributed by atoms with E-state index in [0.29, 0.717) is 12.5 Å². The molecule has 0 radical (unpaired) electrons. The van der Waals surface area contributed by atoms with Gasteiger partial charge in [-0.15, -0.1) is 11.3 Å². The Labute approximate surface area is 106 Å². The van der Waals surface area contributed by atoms with Crippen LogP contribution < -0.4 is 5.32 Å². The summed E-state index contributed by atoms with van der Waals surface area (Å²) in [4.78, 5) is 4.38. The van der Waals surface area contributed by atoms with Gasteiger partial charge in [-0.05, 0) is 29.0 Å². The Morgan fingerprint density at radius 2 is 2.29 bits per heavy atom. The van der Waals surface area contributed by atoms with E-state index in [9.17, 15) is 5.11 Å². The summed E-state index contributed by atoms with van der Waals surface area (Å²) in [6, 6.07) is 4.18. The summed E-state index contributed by atoms with van der Waals surface area (Å²) >= 11 is 1.71. The zero-order valence-electron chi connectivity index (χ0n) is 10.2. The number of hydrogen-bond acceptors (Lipinski definition) is 4. The lowest BCUT2D eigenvalue weighted by molar-refractivity contribution is 0.123. The molecule has 2 aromatic rings. The van der Waals surface area contributed by atoms with E-state index in [0.717, 1.165) is 17.6 Å². The third-order valence-electron chi connectivity index (χ3n) is 2.81. The van der Waals surface area contributed by atoms with Crippen molar-refractivity contribution in [2.75, 3.05) is 6.54 Å². The number of pyridine rings is 1. The van der Waals surface area contributed by atoms with Crippen molar-refractivity contribution in [2.45, 2.75) is 26.5 Å². The van der Waals surface area contributed by atoms with E-state index in [4.69, 9.17) is 0 Å². The van der Waals surface area contributed by atoms with Crippen LogP contribution in [0.4, 0.5) is 0 Å². The zero-order valence-corrected chi connectivity index (χ0v) is 11.0. The van der Waals surface area contributed by atoms with Gasteiger partial charge in [-0.25, -0.2) is 0 Å². The average molecular weight is 250 g/mol. The summed E-state index contributed by atoms with van der Waals surface area (Å²) in [5.74, 6) is 0.292. The number of aromatic nitrogens is 1. The van der Waals surface area contributed by atoms with Crippen LogP contribution in [0.25, 0.3) is 10.2 Å². The number of nitrogens with zero attached hydrogens (tertiary/aromatic N) is 1. The van der Waals surface area contributed by atoms with Gasteiger partial charge in [-0.2, -0.15) is 0 Å². The molecule has 0 amide bonds. The molecule has 0 aromatic carbocycles. The highest BCUT2D eigenvalue weighted by Crippen LogP contribution is 2.19. The molecule has 2 rings (SSSR count). The Kier molecular flexibility index (Phi) is 4.10. The van der Waals surface area contributed by atoms with E-state index < -0.39 is 0 Å². The van der Waals surface area contributed by atoms with E-state index >= 15 is 0 Å². The highest BCUT2D eigenvalue weighted by atomic mass is 32.1. The molecular weight excluding hydrogens is 232 g/mol. The standard InChI is InChI=1S/C13H18N2OS/c1-9(2)12(16)8-14-6-10-5-13-11(15-7-10)3-4-17-13/h3-5,7,9,12,14,16H,6,8H2,1-2H3. The van der Waals surface area contributed by atoms with Crippen LogP contribution in [0.1, 0.15) is 19.4 Å². The molecule has 1 unspecified atom stereocenters. The van der Waals surface area contributed by atoms with E-state index in [-0.39, 0.29) is 6.10 Å². The molecule has 0 saturated heterocycles. The van der Waals surface area contributed by atoms with Gasteiger partial charge in [0.15, 0.2) is 0 Å². The van der Waals surface area contributed by atoms with E-state index in [1.807, 2.05) is 26.1 Å². The summed E-state index contributed by atoms with van der Waals surface area (Å²) < 4.78 is 1.22. The number of rotatable bonds is 5. The van der Waals surface area contributed by atoms with Gasteiger partial charge in [-0.1, -0.05) is 13.8 Å². The lowest BCUT2D eigenvalue weighted by Gasteiger charge is -2.14. The van der Waals surface area contributed by atoms with Gasteiger partial charge in [0, 0.05) is 19.3 Å². The fourth-order valence-electron chi connectivity index (χ4n) is 1.58. The first kappa shape index (κ1) is 12.5. The van der Waals surface area contributed by atoms with E-state index in [2.05, 4.69) is 21.7 Å². The molecular formula is C13H18N2OS. The van der Waals surface area contributed by atoms with Crippen LogP contribution in [0.2, 0.25) is 0 Å². The number of fused-ring (bicyclic) bond motifs is 1. The van der Waals surface area contributed by atoms with Crippen LogP contribution in [-0.2, 0) is 6.54 Å². The van der Waals surface area contributed by atoms with Gasteiger partial charge in [0.05, 0.1) is 16.3 Å². The Morgan fingerprint density at radius 3 is 3.06 bits per heavy atom. The molecule has 3 nitrogen and oxygen atoms in total. The first-order valence-electron chi connectivity index (χ1n) is 5.87. The number of nitrogens with one attached hydrogen (secondary N) is 1. The minimum Gasteiger partial charge on any atom is -0.392 e. The molecule has 0 fully saturated rings. The summed E-state index contributed by atoms with van der Waals surface area (Å²) in [5.41, 5.74) is 2.22. The van der Waals surface area contributed by atoms with Gasteiger partial charge in [-0.3, -0.25) is 4.98 Å². The molecule has 92 valence electrons. The Balaban J connectivity index is 1.90. The zero-order chi connectivity index (χ0) is 12.3. The van der Waals surface area contributed by atoms with Crippen molar-refractivity contribution in [1.82, 2.24) is 10.3 Å². The molecule has 2 aromatic heterocycles. The molecule has 0 bridgehead atoms. The third kappa shape index (κ3) is 3.25. The van der Waals surface area contributed by atoms with Crippen molar-refractivity contribution in [3.63, 3.8) is 0 Å². The van der Waals surface area contributed by atoms with Crippen LogP contribution >= 0.6 is 11.3 Å². The van der Waals surface area contributed by atoms with Gasteiger partial charge >= 0.3 is 0 Å². The summed E-state index contributed by atoms with van der Waals surface area (Å²) in [6.07, 6.45) is 1.61. The third-order valence-corrected chi connectivity index (χ3v) is 3.66. The number of hydrogen-bond donors (Lipinski definition) is 2. The predicted molar refractivity (Wildman–Crippen MR) is 72.2 cm³/mol. The maximum absolute atomic E-state index is 9.67. The van der Waals surface area contributed by atoms with Gasteiger partial charge in [0.2, 0.25) is 0 Å². The van der Waals surface area contributed by atoms with E-state index in [1.165, 1.54) is 4.70 Å². The van der Waals surface area contributed by atoms with Crippen molar-refractivity contribution in [3.05, 3.63) is 29.3 Å². The van der Waals surface area contributed by atoms with Gasteiger partial charge in [0.1, 0.15) is 0 Å². The second-order valence-electron chi connectivity index (χ2n) is 4.59. The molecule has 0 aliphatic carbocycles. The first-order valence-corrected chi connectivity index (χ1v) is 6.75. The van der Waals surface area contributed by atoms with Crippen molar-refractivity contribution < 1.29 is 5.11 Å². The Hall–Kier alpha value is -0.970. The number of aliphatic hydroxyl groups excluding tert-OH is 1. The Bertz CT molecular complexity index is 481. The summed E-state index contributed by atoms with van der Waals surface area (Å²) in [5, 5.41) is 15.0. The quantitative estimate of drug-likeness (QED) is 0.856. The normalized spacial score (nSPS) is 13.4.